The Labute approximate surface area is 74.8 Å². The molecule has 1 saturated carbocycles. The van der Waals surface area contributed by atoms with Gasteiger partial charge in [0, 0.05) is 17.5 Å². The van der Waals surface area contributed by atoms with Crippen molar-refractivity contribution in [2.75, 3.05) is 6.54 Å². The summed E-state index contributed by atoms with van der Waals surface area (Å²) in [6.45, 7) is 0.609. The Morgan fingerprint density at radius 1 is 1.62 bits per heavy atom. The zero-order chi connectivity index (χ0) is 9.42. The Kier molecular flexibility index (Phi) is 1.77. The third-order valence-corrected chi connectivity index (χ3v) is 2.89. The van der Waals surface area contributed by atoms with Crippen LogP contribution in [0.5, 0.6) is 0 Å². The number of azide groups is 1. The van der Waals surface area contributed by atoms with Crippen molar-refractivity contribution in [2.45, 2.75) is 24.9 Å². The summed E-state index contributed by atoms with van der Waals surface area (Å²) in [5.74, 6) is 0.400. The molecule has 1 saturated heterocycles. The van der Waals surface area contributed by atoms with Gasteiger partial charge in [-0.2, -0.15) is 0 Å². The highest BCUT2D eigenvalue weighted by molar-refractivity contribution is 5.66. The van der Waals surface area contributed by atoms with E-state index in [0.29, 0.717) is 12.5 Å². The number of carboxylic acid groups (broad SMARTS) is 1. The number of hydrogen-bond acceptors (Lipinski definition) is 2. The topological polar surface area (TPSA) is 89.3 Å². The summed E-state index contributed by atoms with van der Waals surface area (Å²) in [4.78, 5) is 14.9. The smallest absolute Gasteiger partial charge is 0.407 e. The van der Waals surface area contributed by atoms with Crippen LogP contribution in [0.25, 0.3) is 10.4 Å². The number of likely N-dealkylation sites (tertiary alicyclic amines) is 1. The molecule has 6 nitrogen and oxygen atoms in total. The van der Waals surface area contributed by atoms with Gasteiger partial charge in [-0.05, 0) is 24.3 Å². The molecule has 70 valence electrons. The summed E-state index contributed by atoms with van der Waals surface area (Å²) in [7, 11) is 0. The lowest BCUT2D eigenvalue weighted by Gasteiger charge is -2.28. The minimum atomic E-state index is -0.898. The van der Waals surface area contributed by atoms with Gasteiger partial charge >= 0.3 is 6.09 Å². The van der Waals surface area contributed by atoms with Crippen molar-refractivity contribution in [1.29, 1.82) is 0 Å². The van der Waals surface area contributed by atoms with Crippen LogP contribution in [0.15, 0.2) is 5.11 Å². The number of amides is 1. The average Bonchev–Trinajstić information content (AvgIpc) is 2.62. The fraction of sp³-hybridized carbons (Fsp3) is 0.857. The third-order valence-electron chi connectivity index (χ3n) is 2.89. The number of rotatable bonds is 1. The molecule has 0 radical (unpaired) electrons. The van der Waals surface area contributed by atoms with Crippen LogP contribution in [0.2, 0.25) is 0 Å². The van der Waals surface area contributed by atoms with Crippen molar-refractivity contribution < 1.29 is 9.90 Å². The fourth-order valence-electron chi connectivity index (χ4n) is 2.40. The van der Waals surface area contributed by atoms with Crippen molar-refractivity contribution >= 4 is 6.09 Å². The quantitative estimate of drug-likeness (QED) is 0.377. The number of nitrogens with zero attached hydrogens (tertiary/aromatic N) is 4. The molecule has 13 heavy (non-hydrogen) atoms. The van der Waals surface area contributed by atoms with Crippen molar-refractivity contribution in [2.24, 2.45) is 11.0 Å². The van der Waals surface area contributed by atoms with Gasteiger partial charge in [0.1, 0.15) is 0 Å². The number of hydrogen-bond donors (Lipinski definition) is 1. The van der Waals surface area contributed by atoms with Crippen LogP contribution in [-0.4, -0.2) is 34.7 Å². The Hall–Kier alpha value is -1.42. The highest BCUT2D eigenvalue weighted by Gasteiger charge is 2.46. The number of fused-ring (bicyclic) bond motifs is 2. The summed E-state index contributed by atoms with van der Waals surface area (Å²) in [6, 6.07) is -0.210. The Balaban J connectivity index is 2.14. The fourth-order valence-corrected chi connectivity index (χ4v) is 2.40. The zero-order valence-electron chi connectivity index (χ0n) is 7.00. The lowest BCUT2D eigenvalue weighted by Crippen LogP contribution is -2.43. The van der Waals surface area contributed by atoms with E-state index >= 15 is 0 Å². The van der Waals surface area contributed by atoms with Crippen LogP contribution in [0.3, 0.4) is 0 Å². The van der Waals surface area contributed by atoms with E-state index in [1.165, 1.54) is 4.90 Å². The highest BCUT2D eigenvalue weighted by atomic mass is 16.4. The maximum atomic E-state index is 10.7. The highest BCUT2D eigenvalue weighted by Crippen LogP contribution is 2.39. The summed E-state index contributed by atoms with van der Waals surface area (Å²) < 4.78 is 0. The van der Waals surface area contributed by atoms with Crippen molar-refractivity contribution in [1.82, 2.24) is 4.90 Å². The minimum Gasteiger partial charge on any atom is -0.465 e. The zero-order valence-corrected chi connectivity index (χ0v) is 7.00. The van der Waals surface area contributed by atoms with E-state index in [1.54, 1.807) is 0 Å². The first-order valence-electron chi connectivity index (χ1n) is 4.26. The largest absolute Gasteiger partial charge is 0.465 e. The van der Waals surface area contributed by atoms with Crippen LogP contribution in [0.1, 0.15) is 12.8 Å². The normalized spacial score (nSPS) is 36.0. The van der Waals surface area contributed by atoms with Crippen LogP contribution in [0.4, 0.5) is 4.79 Å². The standard InChI is InChI=1S/C7H10N4O2/c8-10-9-5-1-4-2-6(5)11(3-4)7(12)13/h4-6H,1-3H2,(H,12,13)/t4?,5-,6?/m0/s1. The van der Waals surface area contributed by atoms with E-state index in [4.69, 9.17) is 10.6 Å². The second kappa shape index (κ2) is 2.81. The molecule has 0 aromatic heterocycles. The van der Waals surface area contributed by atoms with Crippen LogP contribution >= 0.6 is 0 Å². The molecule has 0 aromatic carbocycles. The molecule has 6 heteroatoms. The Morgan fingerprint density at radius 3 is 2.92 bits per heavy atom. The summed E-state index contributed by atoms with van der Waals surface area (Å²) in [5.41, 5.74) is 8.27. The maximum Gasteiger partial charge on any atom is 0.407 e. The molecular weight excluding hydrogens is 172 g/mol. The van der Waals surface area contributed by atoms with Gasteiger partial charge < -0.3 is 10.0 Å². The molecule has 2 rings (SSSR count). The summed E-state index contributed by atoms with van der Waals surface area (Å²) >= 11 is 0. The summed E-state index contributed by atoms with van der Waals surface area (Å²) in [5, 5.41) is 12.4. The van der Waals surface area contributed by atoms with Crippen molar-refractivity contribution in [3.05, 3.63) is 10.4 Å². The third kappa shape index (κ3) is 1.19. The van der Waals surface area contributed by atoms with Crippen LogP contribution in [0, 0.1) is 5.92 Å². The molecule has 1 aliphatic carbocycles. The second-order valence-electron chi connectivity index (χ2n) is 3.61. The van der Waals surface area contributed by atoms with E-state index in [0.717, 1.165) is 12.8 Å². The molecule has 2 aliphatic rings. The van der Waals surface area contributed by atoms with E-state index < -0.39 is 6.09 Å². The average molecular weight is 182 g/mol. The molecule has 2 bridgehead atoms. The van der Waals surface area contributed by atoms with Gasteiger partial charge in [-0.3, -0.25) is 0 Å². The van der Waals surface area contributed by atoms with Gasteiger partial charge in [0.05, 0.1) is 6.04 Å². The molecular formula is C7H10N4O2. The van der Waals surface area contributed by atoms with Gasteiger partial charge in [-0.25, -0.2) is 4.79 Å². The molecule has 2 fully saturated rings. The molecule has 1 N–H and O–H groups in total. The lowest BCUT2D eigenvalue weighted by molar-refractivity contribution is 0.125. The molecule has 0 aromatic rings. The van der Waals surface area contributed by atoms with Crippen molar-refractivity contribution in [3.63, 3.8) is 0 Å². The van der Waals surface area contributed by atoms with Gasteiger partial charge in [0.25, 0.3) is 0 Å². The maximum absolute atomic E-state index is 10.7. The Bertz CT molecular complexity index is 274. The minimum absolute atomic E-state index is 0.0709. The molecule has 1 aliphatic heterocycles. The molecule has 1 amide bonds. The monoisotopic (exact) mass is 182 g/mol. The van der Waals surface area contributed by atoms with E-state index in [-0.39, 0.29) is 12.1 Å². The number of piperidine rings is 1. The van der Waals surface area contributed by atoms with Gasteiger partial charge in [0.2, 0.25) is 0 Å². The Morgan fingerprint density at radius 2 is 2.38 bits per heavy atom. The first-order chi connectivity index (χ1) is 6.22. The first kappa shape index (κ1) is 8.19. The molecule has 0 spiro atoms. The number of carbonyl (C=O) groups is 1. The molecule has 2 unspecified atom stereocenters. The molecule has 1 heterocycles. The van der Waals surface area contributed by atoms with Crippen LogP contribution in [-0.2, 0) is 0 Å². The molecule has 3 atom stereocenters. The SMILES string of the molecule is [N-]=[N+]=N[C@H]1CC2CC1N(C(=O)O)C2. The summed E-state index contributed by atoms with van der Waals surface area (Å²) in [6.07, 6.45) is 0.805. The van der Waals surface area contributed by atoms with Crippen LogP contribution < -0.4 is 0 Å². The van der Waals surface area contributed by atoms with E-state index in [9.17, 15) is 4.79 Å². The van der Waals surface area contributed by atoms with Crippen molar-refractivity contribution in [3.8, 4) is 0 Å². The van der Waals surface area contributed by atoms with Gasteiger partial charge in [0.15, 0.2) is 0 Å². The second-order valence-corrected chi connectivity index (χ2v) is 3.61. The van der Waals surface area contributed by atoms with Gasteiger partial charge in [-0.1, -0.05) is 5.11 Å². The first-order valence-corrected chi connectivity index (χ1v) is 4.26. The predicted molar refractivity (Wildman–Crippen MR) is 44.2 cm³/mol. The lowest BCUT2D eigenvalue weighted by atomic mass is 10.1. The van der Waals surface area contributed by atoms with Gasteiger partial charge in [-0.15, -0.1) is 0 Å². The van der Waals surface area contributed by atoms with E-state index in [1.807, 2.05) is 0 Å². The predicted octanol–water partition coefficient (Wildman–Crippen LogP) is 1.44. The van der Waals surface area contributed by atoms with E-state index in [2.05, 4.69) is 10.0 Å².